The molecule has 0 spiro atoms. The highest BCUT2D eigenvalue weighted by Gasteiger charge is 2.18. The van der Waals surface area contributed by atoms with E-state index >= 15 is 0 Å². The third kappa shape index (κ3) is 1.65. The minimum atomic E-state index is 1.03. The predicted molar refractivity (Wildman–Crippen MR) is 55.5 cm³/mol. The molecule has 1 aromatic rings. The van der Waals surface area contributed by atoms with Gasteiger partial charge in [0.05, 0.1) is 15.9 Å². The Kier molecular flexibility index (Phi) is 2.43. The van der Waals surface area contributed by atoms with Crippen molar-refractivity contribution in [3.63, 3.8) is 0 Å². The Morgan fingerprint density at radius 2 is 2.15 bits per heavy atom. The van der Waals surface area contributed by atoms with E-state index in [9.17, 15) is 0 Å². The van der Waals surface area contributed by atoms with E-state index < -0.39 is 0 Å². The van der Waals surface area contributed by atoms with Crippen molar-refractivity contribution >= 4 is 15.9 Å². The van der Waals surface area contributed by atoms with Crippen molar-refractivity contribution in [2.45, 2.75) is 19.9 Å². The molecule has 0 N–H and O–H groups in total. The summed E-state index contributed by atoms with van der Waals surface area (Å²) in [7, 11) is 2.01. The van der Waals surface area contributed by atoms with Gasteiger partial charge in [0.2, 0.25) is 0 Å². The molecule has 0 bridgehead atoms. The molecule has 0 saturated carbocycles. The number of likely N-dealkylation sites (tertiary alicyclic amines) is 1. The maximum Gasteiger partial charge on any atom is 0.0739 e. The van der Waals surface area contributed by atoms with Crippen LogP contribution in [0.15, 0.2) is 4.47 Å². The first-order chi connectivity index (χ1) is 6.18. The molecule has 4 heteroatoms. The van der Waals surface area contributed by atoms with E-state index in [1.165, 1.54) is 29.7 Å². The summed E-state index contributed by atoms with van der Waals surface area (Å²) >= 11 is 3.57. The Balaban J connectivity index is 2.17. The molecule has 1 aromatic heterocycles. The van der Waals surface area contributed by atoms with Crippen LogP contribution >= 0.6 is 15.9 Å². The lowest BCUT2D eigenvalue weighted by Crippen LogP contribution is -2.36. The molecule has 0 amide bonds. The molecule has 0 atom stereocenters. The Hall–Kier alpha value is -0.350. The van der Waals surface area contributed by atoms with Crippen LogP contribution in [0.3, 0.4) is 0 Å². The highest BCUT2D eigenvalue weighted by Crippen LogP contribution is 2.23. The fraction of sp³-hybridized carbons (Fsp3) is 0.667. The second-order valence-electron chi connectivity index (χ2n) is 3.60. The van der Waals surface area contributed by atoms with E-state index in [0.29, 0.717) is 0 Å². The molecule has 1 aliphatic heterocycles. The SMILES string of the molecule is Cc1nn(C)c(CN2CCC2)c1Br. The summed E-state index contributed by atoms with van der Waals surface area (Å²) in [5.41, 5.74) is 2.37. The summed E-state index contributed by atoms with van der Waals surface area (Å²) in [5, 5.41) is 4.37. The molecular weight excluding hydrogens is 230 g/mol. The van der Waals surface area contributed by atoms with E-state index in [2.05, 4.69) is 25.9 Å². The number of rotatable bonds is 2. The van der Waals surface area contributed by atoms with Gasteiger partial charge < -0.3 is 0 Å². The molecule has 72 valence electrons. The van der Waals surface area contributed by atoms with Gasteiger partial charge in [-0.1, -0.05) is 0 Å². The number of halogens is 1. The van der Waals surface area contributed by atoms with Gasteiger partial charge in [-0.05, 0) is 42.4 Å². The van der Waals surface area contributed by atoms with Crippen LogP contribution in [0, 0.1) is 6.92 Å². The second kappa shape index (κ2) is 3.42. The summed E-state index contributed by atoms with van der Waals surface area (Å²) in [6.07, 6.45) is 1.34. The standard InChI is InChI=1S/C9H14BrN3/c1-7-9(10)8(12(2)11-7)6-13-4-3-5-13/h3-6H2,1-2H3. The molecule has 1 aliphatic rings. The summed E-state index contributed by atoms with van der Waals surface area (Å²) in [4.78, 5) is 2.43. The molecule has 13 heavy (non-hydrogen) atoms. The smallest absolute Gasteiger partial charge is 0.0739 e. The zero-order valence-electron chi connectivity index (χ0n) is 8.05. The molecule has 0 aliphatic carbocycles. The Labute approximate surface area is 86.8 Å². The quantitative estimate of drug-likeness (QED) is 0.789. The highest BCUT2D eigenvalue weighted by atomic mass is 79.9. The van der Waals surface area contributed by atoms with Crippen LogP contribution in [0.2, 0.25) is 0 Å². The molecule has 0 aromatic carbocycles. The minimum absolute atomic E-state index is 1.03. The number of nitrogens with zero attached hydrogens (tertiary/aromatic N) is 3. The van der Waals surface area contributed by atoms with Crippen molar-refractivity contribution in [3.05, 3.63) is 15.9 Å². The van der Waals surface area contributed by atoms with Crippen LogP contribution in [0.5, 0.6) is 0 Å². The molecular formula is C9H14BrN3. The first-order valence-corrected chi connectivity index (χ1v) is 5.38. The Bertz CT molecular complexity index is 315. The average molecular weight is 244 g/mol. The van der Waals surface area contributed by atoms with Crippen molar-refractivity contribution in [2.75, 3.05) is 13.1 Å². The van der Waals surface area contributed by atoms with Crippen LogP contribution in [-0.2, 0) is 13.6 Å². The van der Waals surface area contributed by atoms with Gasteiger partial charge in [-0.2, -0.15) is 5.10 Å². The summed E-state index contributed by atoms with van der Waals surface area (Å²) in [6, 6.07) is 0. The van der Waals surface area contributed by atoms with E-state index in [4.69, 9.17) is 0 Å². The first-order valence-electron chi connectivity index (χ1n) is 4.59. The van der Waals surface area contributed by atoms with Gasteiger partial charge in [0.1, 0.15) is 0 Å². The van der Waals surface area contributed by atoms with Crippen molar-refractivity contribution in [2.24, 2.45) is 7.05 Å². The van der Waals surface area contributed by atoms with E-state index in [0.717, 1.165) is 12.2 Å². The number of hydrogen-bond acceptors (Lipinski definition) is 2. The lowest BCUT2D eigenvalue weighted by Gasteiger charge is -2.30. The van der Waals surface area contributed by atoms with Crippen molar-refractivity contribution in [1.29, 1.82) is 0 Å². The first kappa shape index (κ1) is 9.21. The lowest BCUT2D eigenvalue weighted by atomic mass is 10.2. The van der Waals surface area contributed by atoms with Gasteiger partial charge in [0.15, 0.2) is 0 Å². The normalized spacial score (nSPS) is 17.5. The Morgan fingerprint density at radius 1 is 1.46 bits per heavy atom. The van der Waals surface area contributed by atoms with Crippen molar-refractivity contribution in [1.82, 2.24) is 14.7 Å². The molecule has 2 rings (SSSR count). The zero-order valence-corrected chi connectivity index (χ0v) is 9.63. The highest BCUT2D eigenvalue weighted by molar-refractivity contribution is 9.10. The monoisotopic (exact) mass is 243 g/mol. The largest absolute Gasteiger partial charge is 0.297 e. The predicted octanol–water partition coefficient (Wildman–Crippen LogP) is 1.70. The van der Waals surface area contributed by atoms with Gasteiger partial charge in [0.25, 0.3) is 0 Å². The summed E-state index contributed by atoms with van der Waals surface area (Å²) in [5.74, 6) is 0. The Morgan fingerprint density at radius 3 is 2.54 bits per heavy atom. The molecule has 2 heterocycles. The molecule has 0 radical (unpaired) electrons. The van der Waals surface area contributed by atoms with E-state index in [1.54, 1.807) is 0 Å². The van der Waals surface area contributed by atoms with E-state index in [1.807, 2.05) is 18.7 Å². The van der Waals surface area contributed by atoms with Crippen molar-refractivity contribution in [3.8, 4) is 0 Å². The lowest BCUT2D eigenvalue weighted by molar-refractivity contribution is 0.168. The molecule has 3 nitrogen and oxygen atoms in total. The number of hydrogen-bond donors (Lipinski definition) is 0. The minimum Gasteiger partial charge on any atom is -0.297 e. The van der Waals surface area contributed by atoms with Crippen LogP contribution in [-0.4, -0.2) is 27.8 Å². The van der Waals surface area contributed by atoms with Gasteiger partial charge in [-0.25, -0.2) is 0 Å². The maximum absolute atomic E-state index is 4.37. The summed E-state index contributed by atoms with van der Waals surface area (Å²) in [6.45, 7) is 5.52. The number of aromatic nitrogens is 2. The van der Waals surface area contributed by atoms with Crippen LogP contribution < -0.4 is 0 Å². The molecule has 1 fully saturated rings. The van der Waals surface area contributed by atoms with Crippen LogP contribution in [0.25, 0.3) is 0 Å². The topological polar surface area (TPSA) is 21.1 Å². The second-order valence-corrected chi connectivity index (χ2v) is 4.39. The maximum atomic E-state index is 4.37. The van der Waals surface area contributed by atoms with Crippen LogP contribution in [0.1, 0.15) is 17.8 Å². The average Bonchev–Trinajstić information content (AvgIpc) is 2.21. The van der Waals surface area contributed by atoms with Crippen molar-refractivity contribution < 1.29 is 0 Å². The molecule has 1 saturated heterocycles. The zero-order chi connectivity index (χ0) is 9.42. The molecule has 0 unspecified atom stereocenters. The number of aryl methyl sites for hydroxylation is 2. The third-order valence-corrected chi connectivity index (χ3v) is 3.62. The fourth-order valence-corrected chi connectivity index (χ4v) is 2.06. The van der Waals surface area contributed by atoms with E-state index in [-0.39, 0.29) is 0 Å². The third-order valence-electron chi connectivity index (χ3n) is 2.58. The van der Waals surface area contributed by atoms with Gasteiger partial charge in [-0.15, -0.1) is 0 Å². The summed E-state index contributed by atoms with van der Waals surface area (Å²) < 4.78 is 3.14. The van der Waals surface area contributed by atoms with Crippen LogP contribution in [0.4, 0.5) is 0 Å². The fourth-order valence-electron chi connectivity index (χ4n) is 1.60. The van der Waals surface area contributed by atoms with Gasteiger partial charge >= 0.3 is 0 Å². The van der Waals surface area contributed by atoms with Gasteiger partial charge in [0, 0.05) is 13.6 Å². The van der Waals surface area contributed by atoms with Gasteiger partial charge in [-0.3, -0.25) is 9.58 Å².